The summed E-state index contributed by atoms with van der Waals surface area (Å²) in [5.41, 5.74) is 2.65. The van der Waals surface area contributed by atoms with E-state index in [1.165, 1.54) is 43.4 Å². The molecule has 2 nitrogen and oxygen atoms in total. The van der Waals surface area contributed by atoms with Crippen LogP contribution in [0.3, 0.4) is 0 Å². The predicted molar refractivity (Wildman–Crippen MR) is 98.4 cm³/mol. The summed E-state index contributed by atoms with van der Waals surface area (Å²) in [4.78, 5) is 0. The van der Waals surface area contributed by atoms with Gasteiger partial charge in [0, 0.05) is 11.6 Å². The number of para-hydroxylation sites is 2. The molecule has 0 unspecified atom stereocenters. The van der Waals surface area contributed by atoms with Crippen LogP contribution in [0.25, 0.3) is 5.69 Å². The van der Waals surface area contributed by atoms with E-state index in [0.717, 1.165) is 11.4 Å². The second-order valence-corrected chi connectivity index (χ2v) is 8.03. The van der Waals surface area contributed by atoms with E-state index >= 15 is 0 Å². The Morgan fingerprint density at radius 2 is 1.64 bits per heavy atom. The van der Waals surface area contributed by atoms with Gasteiger partial charge in [0.05, 0.1) is 12.8 Å². The van der Waals surface area contributed by atoms with Crippen molar-refractivity contribution in [2.75, 3.05) is 19.4 Å². The van der Waals surface area contributed by atoms with Crippen molar-refractivity contribution in [3.8, 4) is 11.4 Å². The van der Waals surface area contributed by atoms with Crippen molar-refractivity contribution >= 4 is 13.4 Å². The Morgan fingerprint density at radius 1 is 0.955 bits per heavy atom. The van der Waals surface area contributed by atoms with E-state index in [4.69, 9.17) is 4.74 Å². The van der Waals surface area contributed by atoms with Gasteiger partial charge in [-0.15, -0.1) is 0 Å². The van der Waals surface area contributed by atoms with E-state index in [1.807, 2.05) is 12.1 Å². The van der Waals surface area contributed by atoms with Gasteiger partial charge in [-0.3, -0.25) is 0 Å². The quantitative estimate of drug-likeness (QED) is 0.580. The molecule has 0 amide bonds. The Balaban J connectivity index is 2.32. The van der Waals surface area contributed by atoms with Crippen molar-refractivity contribution in [1.29, 1.82) is 0 Å². The molecule has 1 heterocycles. The second kappa shape index (κ2) is 9.00. The lowest BCUT2D eigenvalue weighted by Crippen LogP contribution is -2.16. The monoisotopic (exact) mass is 317 g/mol. The summed E-state index contributed by atoms with van der Waals surface area (Å²) in [7, 11) is 1.66. The highest BCUT2D eigenvalue weighted by atomic mass is 31.1. The van der Waals surface area contributed by atoms with Crippen LogP contribution in [0.4, 0.5) is 0 Å². The third-order valence-electron chi connectivity index (χ3n) is 3.96. The maximum absolute atomic E-state index is 5.55. The molecule has 0 saturated heterocycles. The zero-order chi connectivity index (χ0) is 15.8. The molecular formula is C19H28NOP. The van der Waals surface area contributed by atoms with Crippen LogP contribution in [-0.2, 0) is 0 Å². The van der Waals surface area contributed by atoms with Crippen LogP contribution in [0.1, 0.15) is 39.5 Å². The summed E-state index contributed by atoms with van der Waals surface area (Å²) in [6.07, 6.45) is 10.1. The lowest BCUT2D eigenvalue weighted by atomic mass is 10.3. The number of rotatable bonds is 9. The number of ether oxygens (including phenoxy) is 1. The first kappa shape index (κ1) is 17.1. The van der Waals surface area contributed by atoms with Gasteiger partial charge in [-0.2, -0.15) is 0 Å². The lowest BCUT2D eigenvalue weighted by molar-refractivity contribution is 0.413. The molecule has 0 saturated carbocycles. The van der Waals surface area contributed by atoms with Gasteiger partial charge in [-0.1, -0.05) is 46.7 Å². The highest BCUT2D eigenvalue weighted by Gasteiger charge is 2.16. The first-order valence-corrected chi connectivity index (χ1v) is 10.1. The van der Waals surface area contributed by atoms with Crippen molar-refractivity contribution in [2.45, 2.75) is 39.5 Å². The second-order valence-electron chi connectivity index (χ2n) is 5.60. The number of nitrogens with zero attached hydrogens (tertiary/aromatic N) is 1. The van der Waals surface area contributed by atoms with E-state index < -0.39 is 0 Å². The summed E-state index contributed by atoms with van der Waals surface area (Å²) in [6.45, 7) is 4.57. The van der Waals surface area contributed by atoms with Gasteiger partial charge >= 0.3 is 0 Å². The molecule has 0 aliphatic heterocycles. The van der Waals surface area contributed by atoms with E-state index in [9.17, 15) is 0 Å². The molecule has 1 aromatic carbocycles. The molecule has 0 fully saturated rings. The van der Waals surface area contributed by atoms with E-state index in [2.05, 4.69) is 48.9 Å². The summed E-state index contributed by atoms with van der Waals surface area (Å²) in [5.74, 6) is 0.945. The molecule has 0 aliphatic carbocycles. The Bertz CT molecular complexity index is 556. The van der Waals surface area contributed by atoms with E-state index in [1.54, 1.807) is 7.11 Å². The van der Waals surface area contributed by atoms with Crippen LogP contribution in [0.15, 0.2) is 42.6 Å². The number of methoxy groups -OCH3 is 1. The highest BCUT2D eigenvalue weighted by Crippen LogP contribution is 2.38. The maximum Gasteiger partial charge on any atom is 0.142 e. The summed E-state index contributed by atoms with van der Waals surface area (Å²) in [6, 6.07) is 12.8. The number of hydrogen-bond donors (Lipinski definition) is 0. The van der Waals surface area contributed by atoms with Gasteiger partial charge < -0.3 is 9.30 Å². The molecule has 0 radical (unpaired) electrons. The van der Waals surface area contributed by atoms with Gasteiger partial charge in [-0.05, 0) is 49.4 Å². The molecule has 0 spiro atoms. The molecule has 0 bridgehead atoms. The largest absolute Gasteiger partial charge is 0.495 e. The molecular weight excluding hydrogens is 289 g/mol. The van der Waals surface area contributed by atoms with Crippen LogP contribution >= 0.6 is 7.92 Å². The predicted octanol–water partition coefficient (Wildman–Crippen LogP) is 5.19. The topological polar surface area (TPSA) is 14.2 Å². The maximum atomic E-state index is 5.55. The molecule has 2 aromatic rings. The van der Waals surface area contributed by atoms with E-state index in [-0.39, 0.29) is 7.92 Å². The third-order valence-corrected chi connectivity index (χ3v) is 6.68. The standard InChI is InChI=1S/C19H28NOP/c1-4-6-15-22(16-7-5-2)19-13-10-14-20(19)17-11-8-9-12-18(17)21-3/h8-14H,4-7,15-16H2,1-3H3. The zero-order valence-corrected chi connectivity index (χ0v) is 15.0. The van der Waals surface area contributed by atoms with Crippen LogP contribution in [0.5, 0.6) is 5.75 Å². The first-order valence-electron chi connectivity index (χ1n) is 8.37. The van der Waals surface area contributed by atoms with Crippen molar-refractivity contribution in [2.24, 2.45) is 0 Å². The first-order chi connectivity index (χ1) is 10.8. The number of benzene rings is 1. The molecule has 0 aliphatic rings. The van der Waals surface area contributed by atoms with Gasteiger partial charge in [0.15, 0.2) is 0 Å². The van der Waals surface area contributed by atoms with Gasteiger partial charge in [0.1, 0.15) is 5.75 Å². The Morgan fingerprint density at radius 3 is 2.27 bits per heavy atom. The van der Waals surface area contributed by atoms with Crippen LogP contribution in [-0.4, -0.2) is 24.0 Å². The van der Waals surface area contributed by atoms with Crippen molar-refractivity contribution in [3.05, 3.63) is 42.6 Å². The van der Waals surface area contributed by atoms with Crippen LogP contribution in [0.2, 0.25) is 0 Å². The van der Waals surface area contributed by atoms with Gasteiger partial charge in [-0.25, -0.2) is 0 Å². The fourth-order valence-corrected chi connectivity index (χ4v) is 5.55. The third kappa shape index (κ3) is 4.14. The van der Waals surface area contributed by atoms with Crippen molar-refractivity contribution in [3.63, 3.8) is 0 Å². The minimum Gasteiger partial charge on any atom is -0.495 e. The summed E-state index contributed by atoms with van der Waals surface area (Å²) >= 11 is 0. The fraction of sp³-hybridized carbons (Fsp3) is 0.474. The molecule has 3 heteroatoms. The van der Waals surface area contributed by atoms with Crippen molar-refractivity contribution in [1.82, 2.24) is 4.57 Å². The molecule has 0 N–H and O–H groups in total. The summed E-state index contributed by atoms with van der Waals surface area (Å²) in [5, 5.41) is 0. The average Bonchev–Trinajstić information content (AvgIpc) is 3.04. The SMILES string of the molecule is CCCCP(CCCC)c1cccn1-c1ccccc1OC. The highest BCUT2D eigenvalue weighted by molar-refractivity contribution is 7.65. The molecule has 22 heavy (non-hydrogen) atoms. The number of unbranched alkanes of at least 4 members (excludes halogenated alkanes) is 2. The Kier molecular flexibility index (Phi) is 6.99. The molecule has 120 valence electrons. The normalized spacial score (nSPS) is 11.1. The van der Waals surface area contributed by atoms with Gasteiger partial charge in [0.2, 0.25) is 0 Å². The average molecular weight is 317 g/mol. The Labute approximate surface area is 136 Å². The fourth-order valence-electron chi connectivity index (χ4n) is 2.70. The molecule has 1 aromatic heterocycles. The van der Waals surface area contributed by atoms with Crippen LogP contribution < -0.4 is 10.2 Å². The minimum atomic E-state index is -0.0849. The van der Waals surface area contributed by atoms with Gasteiger partial charge in [0.25, 0.3) is 0 Å². The number of hydrogen-bond acceptors (Lipinski definition) is 1. The van der Waals surface area contributed by atoms with Crippen molar-refractivity contribution < 1.29 is 4.74 Å². The molecule has 2 rings (SSSR count). The minimum absolute atomic E-state index is 0.0849. The summed E-state index contributed by atoms with van der Waals surface area (Å²) < 4.78 is 7.90. The van der Waals surface area contributed by atoms with Crippen LogP contribution in [0, 0.1) is 0 Å². The number of aromatic nitrogens is 1. The smallest absolute Gasteiger partial charge is 0.142 e. The zero-order valence-electron chi connectivity index (χ0n) is 14.1. The van der Waals surface area contributed by atoms with E-state index in [0.29, 0.717) is 0 Å². The Hall–Kier alpha value is -1.27. The lowest BCUT2D eigenvalue weighted by Gasteiger charge is -2.21. The molecule has 0 atom stereocenters.